The molecule has 0 saturated carbocycles. The van der Waals surface area contributed by atoms with Gasteiger partial charge >= 0.3 is 6.09 Å². The second kappa shape index (κ2) is 5.87. The molecule has 0 aromatic carbocycles. The van der Waals surface area contributed by atoms with Gasteiger partial charge in [-0.2, -0.15) is 0 Å². The zero-order valence-electron chi connectivity index (χ0n) is 12.1. The molecule has 4 atom stereocenters. The smallest absolute Gasteiger partial charge is 0.404 e. The number of pyridine rings is 1. The van der Waals surface area contributed by atoms with Gasteiger partial charge in [-0.15, -0.1) is 0 Å². The van der Waals surface area contributed by atoms with E-state index in [4.69, 9.17) is 15.6 Å². The Morgan fingerprint density at radius 3 is 2.95 bits per heavy atom. The van der Waals surface area contributed by atoms with E-state index < -0.39 is 23.8 Å². The Kier molecular flexibility index (Phi) is 4.34. The van der Waals surface area contributed by atoms with Gasteiger partial charge in [0.25, 0.3) is 0 Å². The minimum Gasteiger partial charge on any atom is -0.465 e. The second-order valence-corrected chi connectivity index (χ2v) is 5.49. The molecule has 1 aromatic heterocycles. The SMILES string of the molecule is CC[C@@H]1O[C@H](c2ccncc2N)C[C@H](NC(=O)O)[C@@]1(C)O. The first-order chi connectivity index (χ1) is 9.86. The third kappa shape index (κ3) is 3.08. The van der Waals surface area contributed by atoms with Gasteiger partial charge in [0.15, 0.2) is 0 Å². The van der Waals surface area contributed by atoms with Crippen molar-refractivity contribution in [1.29, 1.82) is 0 Å². The quantitative estimate of drug-likeness (QED) is 0.667. The molecule has 0 aliphatic carbocycles. The van der Waals surface area contributed by atoms with Crippen molar-refractivity contribution in [3.63, 3.8) is 0 Å². The van der Waals surface area contributed by atoms with Crippen molar-refractivity contribution in [1.82, 2.24) is 10.3 Å². The molecule has 0 radical (unpaired) electrons. The van der Waals surface area contributed by atoms with E-state index >= 15 is 0 Å². The third-order valence-corrected chi connectivity index (χ3v) is 4.04. The van der Waals surface area contributed by atoms with Crippen LogP contribution in [0.1, 0.15) is 38.4 Å². The summed E-state index contributed by atoms with van der Waals surface area (Å²) >= 11 is 0. The topological polar surface area (TPSA) is 118 Å². The summed E-state index contributed by atoms with van der Waals surface area (Å²) in [4.78, 5) is 14.9. The zero-order valence-corrected chi connectivity index (χ0v) is 12.1. The molecule has 1 saturated heterocycles. The number of carbonyl (C=O) groups is 1. The molecule has 0 bridgehead atoms. The van der Waals surface area contributed by atoms with Crippen LogP contribution in [-0.4, -0.2) is 39.0 Å². The molecule has 7 nitrogen and oxygen atoms in total. The van der Waals surface area contributed by atoms with Gasteiger partial charge in [0.05, 0.1) is 30.1 Å². The molecule has 21 heavy (non-hydrogen) atoms. The Balaban J connectivity index is 2.30. The normalized spacial score (nSPS) is 32.6. The highest BCUT2D eigenvalue weighted by atomic mass is 16.5. The summed E-state index contributed by atoms with van der Waals surface area (Å²) in [6.45, 7) is 3.48. The highest BCUT2D eigenvalue weighted by Crippen LogP contribution is 2.39. The minimum atomic E-state index is -1.27. The molecule has 7 heteroatoms. The van der Waals surface area contributed by atoms with Gasteiger partial charge in [-0.05, 0) is 19.4 Å². The molecule has 116 valence electrons. The molecule has 2 rings (SSSR count). The van der Waals surface area contributed by atoms with Gasteiger partial charge in [-0.25, -0.2) is 4.79 Å². The fourth-order valence-corrected chi connectivity index (χ4v) is 2.84. The summed E-state index contributed by atoms with van der Waals surface area (Å²) in [5, 5.41) is 21.9. The fourth-order valence-electron chi connectivity index (χ4n) is 2.84. The van der Waals surface area contributed by atoms with Gasteiger partial charge in [-0.3, -0.25) is 4.98 Å². The van der Waals surface area contributed by atoms with Crippen LogP contribution in [0, 0.1) is 0 Å². The molecule has 1 aliphatic heterocycles. The Hall–Kier alpha value is -1.86. The molecule has 1 amide bonds. The number of aliphatic hydroxyl groups is 1. The van der Waals surface area contributed by atoms with Gasteiger partial charge in [0, 0.05) is 18.2 Å². The molecule has 0 unspecified atom stereocenters. The number of nitrogens with one attached hydrogen (secondary N) is 1. The number of nitrogen functional groups attached to an aromatic ring is 1. The maximum absolute atomic E-state index is 11.0. The summed E-state index contributed by atoms with van der Waals surface area (Å²) in [5.41, 5.74) is 5.89. The van der Waals surface area contributed by atoms with E-state index in [1.165, 1.54) is 6.20 Å². The summed E-state index contributed by atoms with van der Waals surface area (Å²) in [7, 11) is 0. The number of anilines is 1. The van der Waals surface area contributed by atoms with Crippen molar-refractivity contribution in [3.8, 4) is 0 Å². The van der Waals surface area contributed by atoms with Crippen LogP contribution in [0.5, 0.6) is 0 Å². The maximum Gasteiger partial charge on any atom is 0.404 e. The van der Waals surface area contributed by atoms with Crippen molar-refractivity contribution in [2.75, 3.05) is 5.73 Å². The van der Waals surface area contributed by atoms with Crippen LogP contribution in [0.2, 0.25) is 0 Å². The van der Waals surface area contributed by atoms with Gasteiger partial charge < -0.3 is 26.0 Å². The average Bonchev–Trinajstić information content (AvgIpc) is 2.41. The molecule has 1 aliphatic rings. The molecule has 1 fully saturated rings. The standard InChI is InChI=1S/C14H21N3O4/c1-3-12-14(2,20)11(17-13(18)19)6-10(21-12)8-4-5-16-7-9(8)15/h4-5,7,10-12,17,20H,3,6,15H2,1-2H3,(H,18,19)/t10-,11-,12-,14+/m0/s1. The molecule has 5 N–H and O–H groups in total. The number of ether oxygens (including phenoxy) is 1. The van der Waals surface area contributed by atoms with E-state index in [0.717, 1.165) is 5.56 Å². The van der Waals surface area contributed by atoms with E-state index in [-0.39, 0.29) is 6.10 Å². The Morgan fingerprint density at radius 2 is 2.38 bits per heavy atom. The lowest BCUT2D eigenvalue weighted by atomic mass is 9.81. The van der Waals surface area contributed by atoms with Gasteiger partial charge in [0.2, 0.25) is 0 Å². The third-order valence-electron chi connectivity index (χ3n) is 4.04. The van der Waals surface area contributed by atoms with Crippen molar-refractivity contribution < 1.29 is 19.7 Å². The van der Waals surface area contributed by atoms with Gasteiger partial charge in [-0.1, -0.05) is 6.92 Å². The van der Waals surface area contributed by atoms with E-state index in [9.17, 15) is 9.90 Å². The number of carboxylic acid groups (broad SMARTS) is 1. The number of aromatic nitrogens is 1. The average molecular weight is 295 g/mol. The lowest BCUT2D eigenvalue weighted by Crippen LogP contribution is -2.61. The van der Waals surface area contributed by atoms with Crippen LogP contribution in [0.3, 0.4) is 0 Å². The fraction of sp³-hybridized carbons (Fsp3) is 0.571. The number of hydrogen-bond acceptors (Lipinski definition) is 5. The minimum absolute atomic E-state index is 0.310. The highest BCUT2D eigenvalue weighted by molar-refractivity contribution is 5.65. The van der Waals surface area contributed by atoms with E-state index in [1.54, 1.807) is 19.2 Å². The molecule has 2 heterocycles. The summed E-state index contributed by atoms with van der Waals surface area (Å²) in [5.74, 6) is 0. The molecule has 1 aromatic rings. The van der Waals surface area contributed by atoms with Crippen molar-refractivity contribution in [2.45, 2.75) is 50.5 Å². The number of hydrogen-bond donors (Lipinski definition) is 4. The summed E-state index contributed by atoms with van der Waals surface area (Å²) < 4.78 is 5.94. The highest BCUT2D eigenvalue weighted by Gasteiger charge is 2.47. The van der Waals surface area contributed by atoms with Crippen LogP contribution in [0.4, 0.5) is 10.5 Å². The van der Waals surface area contributed by atoms with Crippen LogP contribution in [0.15, 0.2) is 18.5 Å². The van der Waals surface area contributed by atoms with Crippen LogP contribution in [-0.2, 0) is 4.74 Å². The van der Waals surface area contributed by atoms with Crippen LogP contribution >= 0.6 is 0 Å². The van der Waals surface area contributed by atoms with E-state index in [2.05, 4.69) is 10.3 Å². The molecular weight excluding hydrogens is 274 g/mol. The number of rotatable bonds is 3. The van der Waals surface area contributed by atoms with E-state index in [1.807, 2.05) is 6.92 Å². The predicted octanol–water partition coefficient (Wildman–Crippen LogP) is 1.29. The first kappa shape index (κ1) is 15.5. The van der Waals surface area contributed by atoms with Crippen molar-refractivity contribution in [2.24, 2.45) is 0 Å². The largest absolute Gasteiger partial charge is 0.465 e. The Morgan fingerprint density at radius 1 is 1.67 bits per heavy atom. The summed E-state index contributed by atoms with van der Waals surface area (Å²) in [6, 6.07) is 1.12. The number of amides is 1. The Labute approximate surface area is 123 Å². The number of nitrogens with two attached hydrogens (primary N) is 1. The van der Waals surface area contributed by atoms with Crippen molar-refractivity contribution >= 4 is 11.8 Å². The van der Waals surface area contributed by atoms with Crippen LogP contribution < -0.4 is 11.1 Å². The van der Waals surface area contributed by atoms with E-state index in [0.29, 0.717) is 18.5 Å². The van der Waals surface area contributed by atoms with Crippen molar-refractivity contribution in [3.05, 3.63) is 24.0 Å². The molecule has 0 spiro atoms. The summed E-state index contributed by atoms with van der Waals surface area (Å²) in [6.07, 6.45) is 1.99. The molecular formula is C14H21N3O4. The first-order valence-electron chi connectivity index (χ1n) is 6.93. The lowest BCUT2D eigenvalue weighted by molar-refractivity contribution is -0.184. The predicted molar refractivity (Wildman–Crippen MR) is 76.7 cm³/mol. The Bertz CT molecular complexity index is 521. The number of nitrogens with zero attached hydrogens (tertiary/aromatic N) is 1. The van der Waals surface area contributed by atoms with Crippen LogP contribution in [0.25, 0.3) is 0 Å². The zero-order chi connectivity index (χ0) is 15.6. The monoisotopic (exact) mass is 295 g/mol. The second-order valence-electron chi connectivity index (χ2n) is 5.49. The van der Waals surface area contributed by atoms with Gasteiger partial charge in [0.1, 0.15) is 5.60 Å². The first-order valence-corrected chi connectivity index (χ1v) is 6.93. The lowest BCUT2D eigenvalue weighted by Gasteiger charge is -2.46. The maximum atomic E-state index is 11.0.